The fourth-order valence-corrected chi connectivity index (χ4v) is 4.21. The fraction of sp³-hybridized carbons (Fsp3) is 0.769. The third-order valence-electron chi connectivity index (χ3n) is 4.73. The van der Waals surface area contributed by atoms with E-state index >= 15 is 0 Å². The van der Waals surface area contributed by atoms with Crippen molar-refractivity contribution in [3.05, 3.63) is 15.6 Å². The van der Waals surface area contributed by atoms with Gasteiger partial charge >= 0.3 is 0 Å². The van der Waals surface area contributed by atoms with E-state index in [4.69, 9.17) is 4.98 Å². The molecule has 0 radical (unpaired) electrons. The van der Waals surface area contributed by atoms with E-state index in [2.05, 4.69) is 26.2 Å². The Kier molecular flexibility index (Phi) is 2.21. The Bertz CT molecular complexity index is 398. The minimum absolute atomic E-state index is 0.0853. The molecule has 3 heteroatoms. The Labute approximate surface area is 101 Å². The Hall–Kier alpha value is -0.410. The zero-order valence-corrected chi connectivity index (χ0v) is 11.2. The van der Waals surface area contributed by atoms with Gasteiger partial charge in [-0.1, -0.05) is 6.92 Å². The first-order valence-corrected chi connectivity index (χ1v) is 7.09. The second kappa shape index (κ2) is 3.30. The Morgan fingerprint density at radius 3 is 2.69 bits per heavy atom. The first kappa shape index (κ1) is 10.7. The lowest BCUT2D eigenvalue weighted by atomic mass is 9.84. The second-order valence-electron chi connectivity index (χ2n) is 5.68. The largest absolute Gasteiger partial charge is 0.308 e. The quantitative estimate of drug-likeness (QED) is 0.873. The van der Waals surface area contributed by atoms with Gasteiger partial charge in [-0.3, -0.25) is 0 Å². The minimum Gasteiger partial charge on any atom is -0.308 e. The first-order chi connectivity index (χ1) is 7.59. The van der Waals surface area contributed by atoms with Gasteiger partial charge in [-0.25, -0.2) is 4.98 Å². The molecule has 16 heavy (non-hydrogen) atoms. The normalized spacial score (nSPS) is 25.2. The molecule has 1 heterocycles. The summed E-state index contributed by atoms with van der Waals surface area (Å²) in [7, 11) is 2.08. The van der Waals surface area contributed by atoms with Gasteiger partial charge in [-0.05, 0) is 51.5 Å². The van der Waals surface area contributed by atoms with Crippen LogP contribution in [-0.4, -0.2) is 12.0 Å². The van der Waals surface area contributed by atoms with E-state index in [0.717, 1.165) is 0 Å². The molecule has 2 aliphatic carbocycles. The SMILES string of the molecule is CNC(C)(c1nc2c(s1)CCC2)C1(C)CC1. The van der Waals surface area contributed by atoms with Gasteiger partial charge in [0.1, 0.15) is 5.01 Å². The molecule has 0 aliphatic heterocycles. The Balaban J connectivity index is 2.00. The van der Waals surface area contributed by atoms with Gasteiger partial charge in [-0.15, -0.1) is 11.3 Å². The molecule has 2 aliphatic rings. The molecule has 0 saturated heterocycles. The molecule has 1 aromatic heterocycles. The third kappa shape index (κ3) is 1.31. The summed E-state index contributed by atoms with van der Waals surface area (Å²) in [5.74, 6) is 0. The molecular weight excluding hydrogens is 216 g/mol. The van der Waals surface area contributed by atoms with Crippen molar-refractivity contribution < 1.29 is 0 Å². The van der Waals surface area contributed by atoms with E-state index in [9.17, 15) is 0 Å². The van der Waals surface area contributed by atoms with Crippen molar-refractivity contribution in [2.45, 2.75) is 51.5 Å². The van der Waals surface area contributed by atoms with Crippen molar-refractivity contribution in [3.8, 4) is 0 Å². The van der Waals surface area contributed by atoms with Crippen molar-refractivity contribution in [3.63, 3.8) is 0 Å². The minimum atomic E-state index is 0.0853. The summed E-state index contributed by atoms with van der Waals surface area (Å²) >= 11 is 1.95. The highest BCUT2D eigenvalue weighted by molar-refractivity contribution is 7.12. The number of aryl methyl sites for hydroxylation is 2. The highest BCUT2D eigenvalue weighted by atomic mass is 32.1. The lowest BCUT2D eigenvalue weighted by Gasteiger charge is -2.34. The summed E-state index contributed by atoms with van der Waals surface area (Å²) in [5.41, 5.74) is 1.89. The second-order valence-corrected chi connectivity index (χ2v) is 6.76. The lowest BCUT2D eigenvalue weighted by molar-refractivity contribution is 0.243. The van der Waals surface area contributed by atoms with Crippen LogP contribution in [0.2, 0.25) is 0 Å². The highest BCUT2D eigenvalue weighted by Crippen LogP contribution is 2.58. The number of nitrogens with zero attached hydrogens (tertiary/aromatic N) is 1. The van der Waals surface area contributed by atoms with Gasteiger partial charge in [-0.2, -0.15) is 0 Å². The smallest absolute Gasteiger partial charge is 0.114 e. The van der Waals surface area contributed by atoms with E-state index in [-0.39, 0.29) is 5.54 Å². The molecule has 3 rings (SSSR count). The van der Waals surface area contributed by atoms with Crippen LogP contribution < -0.4 is 5.32 Å². The summed E-state index contributed by atoms with van der Waals surface area (Å²) in [6.07, 6.45) is 6.41. The molecule has 1 unspecified atom stereocenters. The van der Waals surface area contributed by atoms with Gasteiger partial charge < -0.3 is 5.32 Å². The Morgan fingerprint density at radius 1 is 1.38 bits per heavy atom. The van der Waals surface area contributed by atoms with Crippen LogP contribution in [-0.2, 0) is 18.4 Å². The number of hydrogen-bond acceptors (Lipinski definition) is 3. The van der Waals surface area contributed by atoms with Gasteiger partial charge in [0.25, 0.3) is 0 Å². The number of nitrogens with one attached hydrogen (secondary N) is 1. The van der Waals surface area contributed by atoms with Gasteiger partial charge in [0.2, 0.25) is 0 Å². The molecule has 1 aromatic rings. The molecule has 0 amide bonds. The molecule has 1 fully saturated rings. The highest BCUT2D eigenvalue weighted by Gasteiger charge is 2.54. The van der Waals surface area contributed by atoms with Crippen LogP contribution in [0, 0.1) is 5.41 Å². The fourth-order valence-electron chi connectivity index (χ4n) is 2.76. The molecule has 88 valence electrons. The number of aromatic nitrogens is 1. The van der Waals surface area contributed by atoms with Gasteiger partial charge in [0, 0.05) is 4.88 Å². The summed E-state index contributed by atoms with van der Waals surface area (Å²) in [4.78, 5) is 6.44. The molecular formula is C13H20N2S. The summed E-state index contributed by atoms with van der Waals surface area (Å²) < 4.78 is 0. The monoisotopic (exact) mass is 236 g/mol. The van der Waals surface area contributed by atoms with Crippen molar-refractivity contribution >= 4 is 11.3 Å². The van der Waals surface area contributed by atoms with Crippen LogP contribution in [0.4, 0.5) is 0 Å². The van der Waals surface area contributed by atoms with Gasteiger partial charge in [0.05, 0.1) is 11.2 Å². The third-order valence-corrected chi connectivity index (χ3v) is 6.11. The maximum absolute atomic E-state index is 4.90. The Morgan fingerprint density at radius 2 is 2.12 bits per heavy atom. The summed E-state index contributed by atoms with van der Waals surface area (Å²) in [6.45, 7) is 4.71. The average Bonchev–Trinajstić information content (AvgIpc) is 2.74. The van der Waals surface area contributed by atoms with E-state index in [1.165, 1.54) is 42.8 Å². The lowest BCUT2D eigenvalue weighted by Crippen LogP contribution is -2.44. The molecule has 1 N–H and O–H groups in total. The van der Waals surface area contributed by atoms with Crippen LogP contribution in [0.1, 0.15) is 48.7 Å². The van der Waals surface area contributed by atoms with E-state index in [1.54, 1.807) is 4.88 Å². The predicted octanol–water partition coefficient (Wildman–Crippen LogP) is 2.87. The average molecular weight is 236 g/mol. The molecule has 1 atom stereocenters. The number of fused-ring (bicyclic) bond motifs is 1. The van der Waals surface area contributed by atoms with Crippen LogP contribution in [0.25, 0.3) is 0 Å². The molecule has 2 nitrogen and oxygen atoms in total. The van der Waals surface area contributed by atoms with Crippen LogP contribution in [0.3, 0.4) is 0 Å². The van der Waals surface area contributed by atoms with Crippen molar-refractivity contribution in [1.82, 2.24) is 10.3 Å². The van der Waals surface area contributed by atoms with Crippen molar-refractivity contribution in [1.29, 1.82) is 0 Å². The van der Waals surface area contributed by atoms with Crippen LogP contribution in [0.15, 0.2) is 0 Å². The zero-order valence-electron chi connectivity index (χ0n) is 10.4. The van der Waals surface area contributed by atoms with Gasteiger partial charge in [0.15, 0.2) is 0 Å². The molecule has 0 bridgehead atoms. The topological polar surface area (TPSA) is 24.9 Å². The van der Waals surface area contributed by atoms with E-state index in [0.29, 0.717) is 5.41 Å². The number of thiazole rings is 1. The molecule has 0 spiro atoms. The van der Waals surface area contributed by atoms with Crippen LogP contribution in [0.5, 0.6) is 0 Å². The number of hydrogen-bond donors (Lipinski definition) is 1. The summed E-state index contributed by atoms with van der Waals surface area (Å²) in [6, 6.07) is 0. The van der Waals surface area contributed by atoms with E-state index < -0.39 is 0 Å². The maximum Gasteiger partial charge on any atom is 0.114 e. The van der Waals surface area contributed by atoms with Crippen molar-refractivity contribution in [2.75, 3.05) is 7.05 Å². The first-order valence-electron chi connectivity index (χ1n) is 6.27. The summed E-state index contributed by atoms with van der Waals surface area (Å²) in [5, 5.41) is 4.85. The van der Waals surface area contributed by atoms with Crippen LogP contribution >= 0.6 is 11.3 Å². The predicted molar refractivity (Wildman–Crippen MR) is 67.9 cm³/mol. The standard InChI is InChI=1S/C13H20N2S/c1-12(7-8-12)13(2,14-3)11-15-9-5-4-6-10(9)16-11/h14H,4-8H2,1-3H3. The van der Waals surface area contributed by atoms with E-state index in [1.807, 2.05) is 11.3 Å². The maximum atomic E-state index is 4.90. The number of rotatable bonds is 3. The van der Waals surface area contributed by atoms with Crippen molar-refractivity contribution in [2.24, 2.45) is 5.41 Å². The molecule has 1 saturated carbocycles. The zero-order chi connectivity index (χ0) is 11.4. The molecule has 0 aromatic carbocycles.